The lowest BCUT2D eigenvalue weighted by Crippen LogP contribution is -2.22. The second-order valence-electron chi connectivity index (χ2n) is 2.98. The van der Waals surface area contributed by atoms with Gasteiger partial charge in [0.2, 0.25) is 0 Å². The van der Waals surface area contributed by atoms with Gasteiger partial charge in [0.25, 0.3) is 5.91 Å². The summed E-state index contributed by atoms with van der Waals surface area (Å²) in [6, 6.07) is 6.84. The molecule has 0 heterocycles. The van der Waals surface area contributed by atoms with Crippen molar-refractivity contribution in [1.82, 2.24) is 10.6 Å². The van der Waals surface area contributed by atoms with Crippen LogP contribution in [0.2, 0.25) is 0 Å². The summed E-state index contributed by atoms with van der Waals surface area (Å²) in [6.07, 6.45) is 0. The quantitative estimate of drug-likeness (QED) is 0.633. The van der Waals surface area contributed by atoms with Gasteiger partial charge in [-0.25, -0.2) is 0 Å². The molecule has 1 amide bonds. The minimum atomic E-state index is -0.0579. The lowest BCUT2D eigenvalue weighted by molar-refractivity contribution is 0.0956. The van der Waals surface area contributed by atoms with Crippen molar-refractivity contribution in [2.45, 2.75) is 6.92 Å². The zero-order valence-corrected chi connectivity index (χ0v) is 9.50. The van der Waals surface area contributed by atoms with Gasteiger partial charge in [-0.15, -0.1) is 0 Å². The molecule has 15 heavy (non-hydrogen) atoms. The van der Waals surface area contributed by atoms with Gasteiger partial charge in [-0.05, 0) is 45.3 Å². The number of amides is 1. The summed E-state index contributed by atoms with van der Waals surface area (Å²) < 4.78 is 0. The van der Waals surface area contributed by atoms with Crippen molar-refractivity contribution in [3.05, 3.63) is 29.8 Å². The molecule has 4 nitrogen and oxygen atoms in total. The van der Waals surface area contributed by atoms with Crippen molar-refractivity contribution >= 4 is 11.6 Å². The molecule has 1 aromatic rings. The van der Waals surface area contributed by atoms with Crippen molar-refractivity contribution in [2.24, 2.45) is 0 Å². The Morgan fingerprint density at radius 1 is 1.27 bits per heavy atom. The molecular weight excluding hydrogens is 190 g/mol. The maximum atomic E-state index is 11.2. The molecule has 0 unspecified atom stereocenters. The largest absolute Gasteiger partial charge is 0.399 e. The van der Waals surface area contributed by atoms with Gasteiger partial charge in [0.1, 0.15) is 0 Å². The van der Waals surface area contributed by atoms with Gasteiger partial charge in [0, 0.05) is 17.8 Å². The first kappa shape index (κ1) is 13.4. The van der Waals surface area contributed by atoms with Crippen molar-refractivity contribution in [2.75, 3.05) is 26.4 Å². The van der Waals surface area contributed by atoms with E-state index in [2.05, 4.69) is 10.6 Å². The summed E-state index contributed by atoms with van der Waals surface area (Å²) in [5.41, 5.74) is 6.78. The maximum Gasteiger partial charge on any atom is 0.251 e. The number of carbonyl (C=O) groups is 1. The summed E-state index contributed by atoms with van der Waals surface area (Å²) in [4.78, 5) is 11.2. The van der Waals surface area contributed by atoms with E-state index in [9.17, 15) is 4.79 Å². The van der Waals surface area contributed by atoms with Gasteiger partial charge < -0.3 is 16.4 Å². The fraction of sp³-hybridized carbons (Fsp3) is 0.364. The number of hydrogen-bond donors (Lipinski definition) is 3. The number of benzene rings is 1. The zero-order valence-electron chi connectivity index (χ0n) is 9.50. The molecule has 0 atom stereocenters. The molecule has 0 radical (unpaired) electrons. The fourth-order valence-corrected chi connectivity index (χ4v) is 0.897. The Kier molecular flexibility index (Phi) is 7.01. The molecule has 1 rings (SSSR count). The van der Waals surface area contributed by atoms with Crippen LogP contribution >= 0.6 is 0 Å². The van der Waals surface area contributed by atoms with Crippen LogP contribution in [0.1, 0.15) is 17.3 Å². The van der Waals surface area contributed by atoms with Crippen LogP contribution in [0.25, 0.3) is 0 Å². The van der Waals surface area contributed by atoms with E-state index in [1.54, 1.807) is 24.3 Å². The molecule has 0 bridgehead atoms. The number of carbonyl (C=O) groups excluding carboxylic acids is 1. The van der Waals surface area contributed by atoms with Crippen LogP contribution in [-0.2, 0) is 0 Å². The van der Waals surface area contributed by atoms with Crippen molar-refractivity contribution in [1.29, 1.82) is 0 Å². The summed E-state index contributed by atoms with van der Waals surface area (Å²) in [7, 11) is 3.75. The molecule has 0 aromatic heterocycles. The van der Waals surface area contributed by atoms with Crippen LogP contribution in [0.15, 0.2) is 24.3 Å². The standard InChI is InChI=1S/C9H12N2O.C2H7N/c1-2-11-9(12)7-3-5-8(10)6-4-7;1-3-2/h3-6H,2,10H2,1H3,(H,11,12);3H,1-2H3. The molecule has 0 saturated carbocycles. The van der Waals surface area contributed by atoms with Crippen LogP contribution in [-0.4, -0.2) is 26.5 Å². The van der Waals surface area contributed by atoms with E-state index in [1.807, 2.05) is 21.0 Å². The Morgan fingerprint density at radius 2 is 1.73 bits per heavy atom. The average molecular weight is 209 g/mol. The number of nitrogen functional groups attached to an aromatic ring is 1. The number of nitrogens with two attached hydrogens (primary N) is 1. The van der Waals surface area contributed by atoms with E-state index < -0.39 is 0 Å². The summed E-state index contributed by atoms with van der Waals surface area (Å²) in [6.45, 7) is 2.53. The third-order valence-corrected chi connectivity index (χ3v) is 1.51. The van der Waals surface area contributed by atoms with Crippen LogP contribution in [0.3, 0.4) is 0 Å². The van der Waals surface area contributed by atoms with Crippen molar-refractivity contribution in [3.8, 4) is 0 Å². The number of hydrogen-bond acceptors (Lipinski definition) is 3. The Morgan fingerprint density at radius 3 is 2.13 bits per heavy atom. The highest BCUT2D eigenvalue weighted by atomic mass is 16.1. The Hall–Kier alpha value is -1.55. The first-order valence-corrected chi connectivity index (χ1v) is 4.87. The number of nitrogens with one attached hydrogen (secondary N) is 2. The predicted octanol–water partition coefficient (Wildman–Crippen LogP) is 0.854. The highest BCUT2D eigenvalue weighted by Crippen LogP contribution is 2.04. The Bertz CT molecular complexity index is 282. The monoisotopic (exact) mass is 209 g/mol. The molecule has 1 aromatic carbocycles. The molecule has 0 spiro atoms. The van der Waals surface area contributed by atoms with E-state index in [-0.39, 0.29) is 5.91 Å². The van der Waals surface area contributed by atoms with E-state index in [4.69, 9.17) is 5.73 Å². The molecule has 84 valence electrons. The van der Waals surface area contributed by atoms with Gasteiger partial charge in [-0.3, -0.25) is 4.79 Å². The molecule has 0 saturated heterocycles. The smallest absolute Gasteiger partial charge is 0.251 e. The van der Waals surface area contributed by atoms with Crippen molar-refractivity contribution in [3.63, 3.8) is 0 Å². The highest BCUT2D eigenvalue weighted by molar-refractivity contribution is 5.94. The molecule has 0 aliphatic carbocycles. The van der Waals surface area contributed by atoms with Gasteiger partial charge >= 0.3 is 0 Å². The predicted molar refractivity (Wildman–Crippen MR) is 63.8 cm³/mol. The fourth-order valence-electron chi connectivity index (χ4n) is 0.897. The summed E-state index contributed by atoms with van der Waals surface area (Å²) in [5.74, 6) is -0.0579. The lowest BCUT2D eigenvalue weighted by Gasteiger charge is -2.01. The third kappa shape index (κ3) is 5.70. The zero-order chi connectivity index (χ0) is 11.7. The van der Waals surface area contributed by atoms with E-state index in [1.165, 1.54) is 0 Å². The molecule has 0 fully saturated rings. The average Bonchev–Trinajstić information content (AvgIpc) is 2.20. The Labute approximate surface area is 90.9 Å². The molecule has 0 aliphatic heterocycles. The SMILES string of the molecule is CCNC(=O)c1ccc(N)cc1.CNC. The first-order chi connectivity index (χ1) is 7.15. The van der Waals surface area contributed by atoms with Crippen LogP contribution in [0.4, 0.5) is 5.69 Å². The highest BCUT2D eigenvalue weighted by Gasteiger charge is 2.01. The number of rotatable bonds is 2. The summed E-state index contributed by atoms with van der Waals surface area (Å²) in [5, 5.41) is 5.45. The minimum Gasteiger partial charge on any atom is -0.399 e. The van der Waals surface area contributed by atoms with Gasteiger partial charge in [0.15, 0.2) is 0 Å². The van der Waals surface area contributed by atoms with Crippen LogP contribution < -0.4 is 16.4 Å². The molecule has 0 aliphatic rings. The lowest BCUT2D eigenvalue weighted by atomic mass is 10.2. The molecular formula is C11H19N3O. The van der Waals surface area contributed by atoms with E-state index in [0.717, 1.165) is 0 Å². The number of anilines is 1. The minimum absolute atomic E-state index is 0.0579. The van der Waals surface area contributed by atoms with Crippen LogP contribution in [0.5, 0.6) is 0 Å². The van der Waals surface area contributed by atoms with E-state index >= 15 is 0 Å². The van der Waals surface area contributed by atoms with E-state index in [0.29, 0.717) is 17.8 Å². The first-order valence-electron chi connectivity index (χ1n) is 4.87. The topological polar surface area (TPSA) is 67.2 Å². The summed E-state index contributed by atoms with van der Waals surface area (Å²) >= 11 is 0. The second kappa shape index (κ2) is 7.82. The van der Waals surface area contributed by atoms with Gasteiger partial charge in [-0.2, -0.15) is 0 Å². The molecule has 4 heteroatoms. The molecule has 4 N–H and O–H groups in total. The van der Waals surface area contributed by atoms with Gasteiger partial charge in [-0.1, -0.05) is 0 Å². The van der Waals surface area contributed by atoms with Crippen molar-refractivity contribution < 1.29 is 4.79 Å². The van der Waals surface area contributed by atoms with Gasteiger partial charge in [0.05, 0.1) is 0 Å². The normalized spacial score (nSPS) is 8.73. The second-order valence-corrected chi connectivity index (χ2v) is 2.98. The third-order valence-electron chi connectivity index (χ3n) is 1.51. The maximum absolute atomic E-state index is 11.2. The van der Waals surface area contributed by atoms with Crippen LogP contribution in [0, 0.1) is 0 Å². The Balaban J connectivity index is 0.000000583.